The second-order valence-electron chi connectivity index (χ2n) is 6.33. The van der Waals surface area contributed by atoms with E-state index in [0.717, 1.165) is 44.7 Å². The standard InChI is InChI=1S/C14H27N3O/c1-14(2)6-8-17(11-14)13(15-3)16-7-9-18-10-12-4-5-12/h12H,4-11H2,1-3H3,(H,15,16). The van der Waals surface area contributed by atoms with Crippen molar-refractivity contribution in [2.45, 2.75) is 33.1 Å². The highest BCUT2D eigenvalue weighted by Gasteiger charge is 2.30. The molecule has 104 valence electrons. The van der Waals surface area contributed by atoms with Crippen LogP contribution in [0, 0.1) is 11.3 Å². The largest absolute Gasteiger partial charge is 0.379 e. The van der Waals surface area contributed by atoms with Gasteiger partial charge in [-0.15, -0.1) is 0 Å². The Labute approximate surface area is 111 Å². The molecule has 0 atom stereocenters. The van der Waals surface area contributed by atoms with Crippen LogP contribution >= 0.6 is 0 Å². The normalized spacial score (nSPS) is 23.5. The van der Waals surface area contributed by atoms with Crippen LogP contribution in [-0.4, -0.2) is 50.8 Å². The van der Waals surface area contributed by atoms with Crippen LogP contribution in [0.15, 0.2) is 4.99 Å². The third-order valence-electron chi connectivity index (χ3n) is 3.77. The van der Waals surface area contributed by atoms with Crippen molar-refractivity contribution in [3.05, 3.63) is 0 Å². The minimum absolute atomic E-state index is 0.417. The molecule has 1 saturated heterocycles. The minimum Gasteiger partial charge on any atom is -0.379 e. The zero-order valence-corrected chi connectivity index (χ0v) is 12.0. The van der Waals surface area contributed by atoms with Crippen molar-refractivity contribution in [2.75, 3.05) is 39.9 Å². The molecule has 1 aliphatic carbocycles. The molecular weight excluding hydrogens is 226 g/mol. The highest BCUT2D eigenvalue weighted by molar-refractivity contribution is 5.80. The maximum Gasteiger partial charge on any atom is 0.193 e. The van der Waals surface area contributed by atoms with Gasteiger partial charge in [-0.1, -0.05) is 13.8 Å². The Hall–Kier alpha value is -0.770. The van der Waals surface area contributed by atoms with Gasteiger partial charge in [0.05, 0.1) is 6.61 Å². The van der Waals surface area contributed by atoms with Crippen LogP contribution in [0.4, 0.5) is 0 Å². The van der Waals surface area contributed by atoms with Crippen molar-refractivity contribution in [1.82, 2.24) is 10.2 Å². The monoisotopic (exact) mass is 253 g/mol. The zero-order chi connectivity index (χ0) is 13.0. The van der Waals surface area contributed by atoms with Gasteiger partial charge in [-0.2, -0.15) is 0 Å². The van der Waals surface area contributed by atoms with Crippen molar-refractivity contribution in [2.24, 2.45) is 16.3 Å². The van der Waals surface area contributed by atoms with Crippen LogP contribution in [0.5, 0.6) is 0 Å². The summed E-state index contributed by atoms with van der Waals surface area (Å²) in [5.74, 6) is 1.87. The molecule has 2 rings (SSSR count). The number of nitrogens with one attached hydrogen (secondary N) is 1. The summed E-state index contributed by atoms with van der Waals surface area (Å²) in [6.45, 7) is 9.42. The fourth-order valence-corrected chi connectivity index (χ4v) is 2.40. The third-order valence-corrected chi connectivity index (χ3v) is 3.77. The lowest BCUT2D eigenvalue weighted by molar-refractivity contribution is 0.128. The lowest BCUT2D eigenvalue weighted by Gasteiger charge is -2.23. The van der Waals surface area contributed by atoms with Gasteiger partial charge in [-0.25, -0.2) is 0 Å². The van der Waals surface area contributed by atoms with Crippen LogP contribution in [-0.2, 0) is 4.74 Å². The fourth-order valence-electron chi connectivity index (χ4n) is 2.40. The first-order chi connectivity index (χ1) is 8.61. The van der Waals surface area contributed by atoms with Gasteiger partial charge in [0.15, 0.2) is 5.96 Å². The highest BCUT2D eigenvalue weighted by atomic mass is 16.5. The summed E-state index contributed by atoms with van der Waals surface area (Å²) in [5, 5.41) is 3.39. The number of hydrogen-bond acceptors (Lipinski definition) is 2. The minimum atomic E-state index is 0.417. The van der Waals surface area contributed by atoms with Gasteiger partial charge in [0.25, 0.3) is 0 Å². The van der Waals surface area contributed by atoms with Gasteiger partial charge >= 0.3 is 0 Å². The first kappa shape index (κ1) is 13.7. The Morgan fingerprint density at radius 3 is 2.78 bits per heavy atom. The van der Waals surface area contributed by atoms with E-state index in [-0.39, 0.29) is 0 Å². The molecule has 0 bridgehead atoms. The smallest absolute Gasteiger partial charge is 0.193 e. The number of rotatable bonds is 5. The first-order valence-corrected chi connectivity index (χ1v) is 7.14. The lowest BCUT2D eigenvalue weighted by atomic mass is 9.93. The van der Waals surface area contributed by atoms with Crippen molar-refractivity contribution in [3.63, 3.8) is 0 Å². The summed E-state index contributed by atoms with van der Waals surface area (Å²) >= 11 is 0. The molecule has 1 N–H and O–H groups in total. The topological polar surface area (TPSA) is 36.9 Å². The van der Waals surface area contributed by atoms with Crippen LogP contribution < -0.4 is 5.32 Å². The Morgan fingerprint density at radius 1 is 1.44 bits per heavy atom. The second-order valence-corrected chi connectivity index (χ2v) is 6.33. The molecule has 1 heterocycles. The molecule has 2 fully saturated rings. The number of likely N-dealkylation sites (tertiary alicyclic amines) is 1. The summed E-state index contributed by atoms with van der Waals surface area (Å²) in [6.07, 6.45) is 3.96. The molecule has 0 aromatic heterocycles. The molecule has 0 amide bonds. The van der Waals surface area contributed by atoms with Crippen LogP contribution in [0.2, 0.25) is 0 Å². The second kappa shape index (κ2) is 5.91. The molecule has 0 aromatic rings. The Bertz CT molecular complexity index is 297. The van der Waals surface area contributed by atoms with E-state index in [1.54, 1.807) is 0 Å². The molecule has 4 nitrogen and oxygen atoms in total. The molecule has 18 heavy (non-hydrogen) atoms. The number of guanidine groups is 1. The predicted octanol–water partition coefficient (Wildman–Crippen LogP) is 1.72. The molecule has 0 aromatic carbocycles. The van der Waals surface area contributed by atoms with E-state index in [2.05, 4.69) is 29.1 Å². The zero-order valence-electron chi connectivity index (χ0n) is 12.0. The summed E-state index contributed by atoms with van der Waals surface area (Å²) < 4.78 is 5.62. The summed E-state index contributed by atoms with van der Waals surface area (Å²) in [4.78, 5) is 6.70. The Morgan fingerprint density at radius 2 is 2.22 bits per heavy atom. The molecule has 4 heteroatoms. The van der Waals surface area contributed by atoms with Gasteiger partial charge in [-0.3, -0.25) is 4.99 Å². The van der Waals surface area contributed by atoms with Crippen molar-refractivity contribution < 1.29 is 4.74 Å². The molecule has 0 radical (unpaired) electrons. The molecule has 0 unspecified atom stereocenters. The molecular formula is C14H27N3O. The van der Waals surface area contributed by atoms with E-state index in [9.17, 15) is 0 Å². The summed E-state index contributed by atoms with van der Waals surface area (Å²) in [5.41, 5.74) is 0.417. The number of aliphatic imine (C=N–C) groups is 1. The number of nitrogens with zero attached hydrogens (tertiary/aromatic N) is 2. The van der Waals surface area contributed by atoms with E-state index in [4.69, 9.17) is 4.74 Å². The predicted molar refractivity (Wildman–Crippen MR) is 74.9 cm³/mol. The van der Waals surface area contributed by atoms with Crippen molar-refractivity contribution >= 4 is 5.96 Å². The number of ether oxygens (including phenoxy) is 1. The van der Waals surface area contributed by atoms with Crippen LogP contribution in [0.3, 0.4) is 0 Å². The van der Waals surface area contributed by atoms with Crippen LogP contribution in [0.1, 0.15) is 33.1 Å². The van der Waals surface area contributed by atoms with E-state index >= 15 is 0 Å². The third kappa shape index (κ3) is 4.16. The summed E-state index contributed by atoms with van der Waals surface area (Å²) in [6, 6.07) is 0. The van der Waals surface area contributed by atoms with Gasteiger partial charge in [-0.05, 0) is 30.6 Å². The van der Waals surface area contributed by atoms with E-state index in [0.29, 0.717) is 5.41 Å². The van der Waals surface area contributed by atoms with Gasteiger partial charge < -0.3 is 15.0 Å². The van der Waals surface area contributed by atoms with Crippen molar-refractivity contribution in [1.29, 1.82) is 0 Å². The molecule has 1 saturated carbocycles. The Kier molecular flexibility index (Phi) is 4.49. The highest BCUT2D eigenvalue weighted by Crippen LogP contribution is 2.29. The summed E-state index contributed by atoms with van der Waals surface area (Å²) in [7, 11) is 1.86. The van der Waals surface area contributed by atoms with E-state index < -0.39 is 0 Å². The van der Waals surface area contributed by atoms with Gasteiger partial charge in [0.2, 0.25) is 0 Å². The van der Waals surface area contributed by atoms with Gasteiger partial charge in [0, 0.05) is 33.3 Å². The SMILES string of the molecule is CN=C(NCCOCC1CC1)N1CCC(C)(C)C1. The maximum atomic E-state index is 5.62. The molecule has 1 aliphatic heterocycles. The maximum absolute atomic E-state index is 5.62. The average molecular weight is 253 g/mol. The average Bonchev–Trinajstić information content (AvgIpc) is 3.07. The Balaban J connectivity index is 1.63. The lowest BCUT2D eigenvalue weighted by Crippen LogP contribution is -2.42. The quantitative estimate of drug-likeness (QED) is 0.460. The van der Waals surface area contributed by atoms with Crippen molar-refractivity contribution in [3.8, 4) is 0 Å². The number of hydrogen-bond donors (Lipinski definition) is 1. The first-order valence-electron chi connectivity index (χ1n) is 7.14. The molecule has 0 spiro atoms. The van der Waals surface area contributed by atoms with E-state index in [1.807, 2.05) is 7.05 Å². The van der Waals surface area contributed by atoms with E-state index in [1.165, 1.54) is 19.3 Å². The van der Waals surface area contributed by atoms with Crippen LogP contribution in [0.25, 0.3) is 0 Å². The fraction of sp³-hybridized carbons (Fsp3) is 0.929. The van der Waals surface area contributed by atoms with Gasteiger partial charge in [0.1, 0.15) is 0 Å². The molecule has 2 aliphatic rings.